The Morgan fingerprint density at radius 1 is 1.21 bits per heavy atom. The van der Waals surface area contributed by atoms with Gasteiger partial charge in [0.05, 0.1) is 22.4 Å². The molecule has 4 nitrogen and oxygen atoms in total. The molecule has 0 radical (unpaired) electrons. The summed E-state index contributed by atoms with van der Waals surface area (Å²) >= 11 is 1.64. The second kappa shape index (κ2) is 6.61. The van der Waals surface area contributed by atoms with E-state index in [1.807, 2.05) is 43.3 Å². The van der Waals surface area contributed by atoms with Gasteiger partial charge in [-0.05, 0) is 49.4 Å². The highest BCUT2D eigenvalue weighted by molar-refractivity contribution is 7.17. The Balaban J connectivity index is 1.77. The van der Waals surface area contributed by atoms with Crippen LogP contribution in [0.1, 0.15) is 16.7 Å². The Morgan fingerprint density at radius 2 is 1.92 bits per heavy atom. The number of likely N-dealkylation sites (N-methyl/N-ethyl adjacent to an activating group) is 1. The number of pyridine rings is 1. The summed E-state index contributed by atoms with van der Waals surface area (Å²) in [6.45, 7) is 6.41. The smallest absolute Gasteiger partial charge is 0.243 e. The minimum Gasteiger partial charge on any atom is -0.364 e. The summed E-state index contributed by atoms with van der Waals surface area (Å²) in [4.78, 5) is 18.8. The van der Waals surface area contributed by atoms with Gasteiger partial charge in [-0.1, -0.05) is 17.7 Å². The van der Waals surface area contributed by atoms with Crippen LogP contribution in [0.25, 0.3) is 10.2 Å². The Morgan fingerprint density at radius 3 is 2.62 bits per heavy atom. The van der Waals surface area contributed by atoms with E-state index in [1.165, 1.54) is 5.56 Å². The van der Waals surface area contributed by atoms with E-state index in [1.54, 1.807) is 17.5 Å². The van der Waals surface area contributed by atoms with E-state index >= 15 is 0 Å². The molecule has 0 fully saturated rings. The summed E-state index contributed by atoms with van der Waals surface area (Å²) in [5.74, 6) is -0.0194. The van der Waals surface area contributed by atoms with Gasteiger partial charge in [0.25, 0.3) is 0 Å². The van der Waals surface area contributed by atoms with Gasteiger partial charge in [0.15, 0.2) is 0 Å². The molecule has 2 aromatic heterocycles. The van der Waals surface area contributed by atoms with Crippen molar-refractivity contribution in [1.29, 1.82) is 0 Å². The Hall–Kier alpha value is -2.40. The van der Waals surface area contributed by atoms with Crippen LogP contribution in [0.3, 0.4) is 0 Å². The molecule has 0 aliphatic rings. The molecule has 0 aliphatic heterocycles. The maximum Gasteiger partial charge on any atom is 0.243 e. The second-order valence-corrected chi connectivity index (χ2v) is 7.06. The molecule has 1 amide bonds. The fourth-order valence-electron chi connectivity index (χ4n) is 3.02. The van der Waals surface area contributed by atoms with E-state index in [0.717, 1.165) is 32.7 Å². The van der Waals surface area contributed by atoms with Crippen molar-refractivity contribution in [2.24, 2.45) is 0 Å². The number of hydrogen-bond donors (Lipinski definition) is 1. The third kappa shape index (κ3) is 3.26. The first-order valence-corrected chi connectivity index (χ1v) is 8.74. The number of hydrogen-bond acceptors (Lipinski definition) is 4. The summed E-state index contributed by atoms with van der Waals surface area (Å²) in [5.41, 5.74) is 6.30. The first kappa shape index (κ1) is 16.5. The van der Waals surface area contributed by atoms with Gasteiger partial charge in [0, 0.05) is 18.9 Å². The summed E-state index contributed by atoms with van der Waals surface area (Å²) in [5, 5.41) is 5.08. The number of fused-ring (bicyclic) bond motifs is 1. The number of carbonyl (C=O) groups is 1. The van der Waals surface area contributed by atoms with E-state index in [4.69, 9.17) is 0 Å². The predicted molar refractivity (Wildman–Crippen MR) is 102 cm³/mol. The van der Waals surface area contributed by atoms with E-state index in [2.05, 4.69) is 29.4 Å². The number of thiophene rings is 1. The molecule has 0 spiro atoms. The number of anilines is 2. The van der Waals surface area contributed by atoms with Crippen molar-refractivity contribution in [3.8, 4) is 0 Å². The van der Waals surface area contributed by atoms with Crippen molar-refractivity contribution in [3.63, 3.8) is 0 Å². The first-order chi connectivity index (χ1) is 11.5. The summed E-state index contributed by atoms with van der Waals surface area (Å²) in [7, 11) is 1.93. The minimum absolute atomic E-state index is 0.0194. The van der Waals surface area contributed by atoms with Crippen LogP contribution in [0.5, 0.6) is 0 Å². The molecule has 0 atom stereocenters. The zero-order valence-corrected chi connectivity index (χ0v) is 15.2. The van der Waals surface area contributed by atoms with Crippen LogP contribution in [-0.4, -0.2) is 24.5 Å². The standard InChI is InChI=1S/C19H21N3OS/c1-12-9-13(2)18(14(3)10-12)21-17(23)11-22(4)16-5-7-20-15-6-8-24-19(15)16/h5-10H,11H2,1-4H3,(H,21,23). The van der Waals surface area contributed by atoms with E-state index in [-0.39, 0.29) is 5.91 Å². The number of amides is 1. The number of aryl methyl sites for hydroxylation is 3. The van der Waals surface area contributed by atoms with Gasteiger partial charge in [0.2, 0.25) is 5.91 Å². The van der Waals surface area contributed by atoms with Crippen LogP contribution in [-0.2, 0) is 4.79 Å². The molecule has 5 heteroatoms. The maximum atomic E-state index is 12.5. The number of nitrogens with zero attached hydrogens (tertiary/aromatic N) is 2. The molecule has 3 rings (SSSR count). The molecule has 24 heavy (non-hydrogen) atoms. The molecule has 124 valence electrons. The normalized spacial score (nSPS) is 10.8. The van der Waals surface area contributed by atoms with Gasteiger partial charge >= 0.3 is 0 Å². The number of aromatic nitrogens is 1. The van der Waals surface area contributed by atoms with E-state index in [0.29, 0.717) is 6.54 Å². The summed E-state index contributed by atoms with van der Waals surface area (Å²) in [6, 6.07) is 8.12. The predicted octanol–water partition coefficient (Wildman–Crippen LogP) is 4.30. The van der Waals surface area contributed by atoms with Gasteiger partial charge in [-0.2, -0.15) is 0 Å². The summed E-state index contributed by atoms with van der Waals surface area (Å²) in [6.07, 6.45) is 1.78. The highest BCUT2D eigenvalue weighted by Gasteiger charge is 2.13. The lowest BCUT2D eigenvalue weighted by Gasteiger charge is -2.20. The molecule has 0 unspecified atom stereocenters. The fraction of sp³-hybridized carbons (Fsp3) is 0.263. The summed E-state index contributed by atoms with van der Waals surface area (Å²) < 4.78 is 1.11. The van der Waals surface area contributed by atoms with Crippen molar-refractivity contribution in [1.82, 2.24) is 4.98 Å². The van der Waals surface area contributed by atoms with Gasteiger partial charge in [-0.15, -0.1) is 11.3 Å². The quantitative estimate of drug-likeness (QED) is 0.771. The number of nitrogens with one attached hydrogen (secondary N) is 1. The molecular weight excluding hydrogens is 318 g/mol. The monoisotopic (exact) mass is 339 g/mol. The average molecular weight is 339 g/mol. The Labute approximate surface area is 146 Å². The van der Waals surface area contributed by atoms with Crippen LogP contribution >= 0.6 is 11.3 Å². The molecule has 0 saturated heterocycles. The van der Waals surface area contributed by atoms with Crippen molar-refractivity contribution >= 4 is 38.8 Å². The first-order valence-electron chi connectivity index (χ1n) is 7.87. The number of carbonyl (C=O) groups excluding carboxylic acids is 1. The molecular formula is C19H21N3OS. The zero-order chi connectivity index (χ0) is 17.3. The molecule has 2 heterocycles. The SMILES string of the molecule is Cc1cc(C)c(NC(=O)CN(C)c2ccnc3ccsc23)c(C)c1. The largest absolute Gasteiger partial charge is 0.364 e. The number of rotatable bonds is 4. The van der Waals surface area contributed by atoms with Crippen molar-refractivity contribution in [2.45, 2.75) is 20.8 Å². The van der Waals surface area contributed by atoms with Gasteiger partial charge in [-0.3, -0.25) is 9.78 Å². The van der Waals surface area contributed by atoms with Crippen molar-refractivity contribution < 1.29 is 4.79 Å². The lowest BCUT2D eigenvalue weighted by Crippen LogP contribution is -2.30. The molecule has 1 N–H and O–H groups in total. The topological polar surface area (TPSA) is 45.2 Å². The molecule has 3 aromatic rings. The highest BCUT2D eigenvalue weighted by Crippen LogP contribution is 2.29. The maximum absolute atomic E-state index is 12.5. The lowest BCUT2D eigenvalue weighted by molar-refractivity contribution is -0.114. The van der Waals surface area contributed by atoms with Crippen LogP contribution in [0.15, 0.2) is 35.8 Å². The third-order valence-corrected chi connectivity index (χ3v) is 4.98. The fourth-order valence-corrected chi connectivity index (χ4v) is 3.94. The van der Waals surface area contributed by atoms with Crippen LogP contribution in [0, 0.1) is 20.8 Å². The average Bonchev–Trinajstić information content (AvgIpc) is 2.99. The number of benzene rings is 1. The van der Waals surface area contributed by atoms with Crippen molar-refractivity contribution in [3.05, 3.63) is 52.5 Å². The van der Waals surface area contributed by atoms with Gasteiger partial charge in [0.1, 0.15) is 0 Å². The second-order valence-electron chi connectivity index (χ2n) is 6.14. The molecule has 1 aromatic carbocycles. The molecule has 0 saturated carbocycles. The van der Waals surface area contributed by atoms with Crippen LogP contribution < -0.4 is 10.2 Å². The lowest BCUT2D eigenvalue weighted by atomic mass is 10.1. The third-order valence-electron chi connectivity index (χ3n) is 4.06. The van der Waals surface area contributed by atoms with Crippen LogP contribution in [0.4, 0.5) is 11.4 Å². The minimum atomic E-state index is -0.0194. The van der Waals surface area contributed by atoms with Gasteiger partial charge < -0.3 is 10.2 Å². The van der Waals surface area contributed by atoms with E-state index in [9.17, 15) is 4.79 Å². The Bertz CT molecular complexity index is 878. The van der Waals surface area contributed by atoms with Crippen molar-refractivity contribution in [2.75, 3.05) is 23.8 Å². The van der Waals surface area contributed by atoms with E-state index < -0.39 is 0 Å². The Kier molecular flexibility index (Phi) is 4.53. The molecule has 0 aliphatic carbocycles. The highest BCUT2D eigenvalue weighted by atomic mass is 32.1. The molecule has 0 bridgehead atoms. The van der Waals surface area contributed by atoms with Crippen LogP contribution in [0.2, 0.25) is 0 Å². The zero-order valence-electron chi connectivity index (χ0n) is 14.4. The van der Waals surface area contributed by atoms with Gasteiger partial charge in [-0.25, -0.2) is 0 Å².